The Balaban J connectivity index is 1.70. The van der Waals surface area contributed by atoms with Crippen molar-refractivity contribution in [2.24, 2.45) is 0 Å². The number of esters is 2. The molecule has 0 amide bonds. The molecule has 0 spiro atoms. The zero-order valence-corrected chi connectivity index (χ0v) is 27.0. The summed E-state index contributed by atoms with van der Waals surface area (Å²) in [6, 6.07) is 17.2. The molecule has 0 aliphatic heterocycles. The van der Waals surface area contributed by atoms with Crippen LogP contribution in [0.1, 0.15) is 108 Å². The molecule has 1 fully saturated rings. The fraction of sp³-hybridized carbons (Fsp3) is 0.526. The summed E-state index contributed by atoms with van der Waals surface area (Å²) in [4.78, 5) is 23.1. The minimum atomic E-state index is -0.363. The van der Waals surface area contributed by atoms with E-state index in [1.807, 2.05) is 0 Å². The van der Waals surface area contributed by atoms with Crippen LogP contribution < -0.4 is 9.47 Å². The van der Waals surface area contributed by atoms with Crippen molar-refractivity contribution in [3.05, 3.63) is 84.0 Å². The smallest absolute Gasteiger partial charge is 0.333 e. The third kappa shape index (κ3) is 11.5. The zero-order valence-electron chi connectivity index (χ0n) is 27.0. The second-order valence-corrected chi connectivity index (χ2v) is 12.0. The molecule has 0 atom stereocenters. The highest BCUT2D eigenvalue weighted by Gasteiger charge is 2.33. The average Bonchev–Trinajstić information content (AvgIpc) is 3.01. The van der Waals surface area contributed by atoms with Gasteiger partial charge in [0.25, 0.3) is 0 Å². The van der Waals surface area contributed by atoms with Gasteiger partial charge >= 0.3 is 11.9 Å². The van der Waals surface area contributed by atoms with Crippen molar-refractivity contribution >= 4 is 11.9 Å². The van der Waals surface area contributed by atoms with Crippen LogP contribution in [0, 0.1) is 0 Å². The van der Waals surface area contributed by atoms with Gasteiger partial charge in [-0.1, -0.05) is 95.2 Å². The highest BCUT2D eigenvalue weighted by molar-refractivity contribution is 5.87. The first-order valence-electron chi connectivity index (χ1n) is 16.4. The van der Waals surface area contributed by atoms with Gasteiger partial charge in [-0.3, -0.25) is 0 Å². The third-order valence-electron chi connectivity index (χ3n) is 8.30. The van der Waals surface area contributed by atoms with E-state index in [0.29, 0.717) is 50.4 Å². The lowest BCUT2D eigenvalue weighted by Gasteiger charge is -2.36. The monoisotopic (exact) mass is 604 g/mol. The van der Waals surface area contributed by atoms with Crippen LogP contribution in [0.5, 0.6) is 11.5 Å². The van der Waals surface area contributed by atoms with Gasteiger partial charge in [-0.2, -0.15) is 0 Å². The molecule has 0 aromatic heterocycles. The normalized spacial score (nSPS) is 15.6. The van der Waals surface area contributed by atoms with E-state index in [1.165, 1.54) is 68.9 Å². The van der Waals surface area contributed by atoms with Crippen molar-refractivity contribution in [3.8, 4) is 11.5 Å². The molecule has 2 aromatic rings. The van der Waals surface area contributed by atoms with Gasteiger partial charge in [-0.25, -0.2) is 9.59 Å². The van der Waals surface area contributed by atoms with Gasteiger partial charge in [0, 0.05) is 29.4 Å². The Bertz CT molecular complexity index is 1090. The molecule has 44 heavy (non-hydrogen) atoms. The van der Waals surface area contributed by atoms with Crippen LogP contribution >= 0.6 is 0 Å². The minimum absolute atomic E-state index is 0.0796. The molecule has 0 N–H and O–H groups in total. The summed E-state index contributed by atoms with van der Waals surface area (Å²) in [5.41, 5.74) is 3.38. The van der Waals surface area contributed by atoms with Gasteiger partial charge in [0.15, 0.2) is 0 Å². The number of benzene rings is 2. The second kappa shape index (κ2) is 19.0. The van der Waals surface area contributed by atoms with Crippen LogP contribution in [0.25, 0.3) is 0 Å². The number of carbonyl (C=O) groups excluding carboxylic acids is 2. The molecule has 0 radical (unpaired) electrons. The highest BCUT2D eigenvalue weighted by atomic mass is 16.5. The van der Waals surface area contributed by atoms with Gasteiger partial charge < -0.3 is 18.9 Å². The van der Waals surface area contributed by atoms with Gasteiger partial charge in [-0.05, 0) is 62.1 Å². The molecule has 6 heteroatoms. The van der Waals surface area contributed by atoms with Crippen molar-refractivity contribution in [1.29, 1.82) is 0 Å². The molecule has 6 nitrogen and oxygen atoms in total. The zero-order chi connectivity index (χ0) is 31.6. The third-order valence-corrected chi connectivity index (χ3v) is 8.30. The molecule has 2 aromatic carbocycles. The summed E-state index contributed by atoms with van der Waals surface area (Å²) >= 11 is 0. The lowest BCUT2D eigenvalue weighted by Crippen LogP contribution is -2.28. The molecule has 240 valence electrons. The summed E-state index contributed by atoms with van der Waals surface area (Å²) in [7, 11) is 0. The summed E-state index contributed by atoms with van der Waals surface area (Å²) in [6.45, 7) is 12.1. The second-order valence-electron chi connectivity index (χ2n) is 12.0. The molecule has 0 saturated heterocycles. The van der Waals surface area contributed by atoms with Crippen LogP contribution in [-0.2, 0) is 24.5 Å². The van der Waals surface area contributed by atoms with Crippen LogP contribution in [0.4, 0.5) is 0 Å². The predicted molar refractivity (Wildman–Crippen MR) is 176 cm³/mol. The highest BCUT2D eigenvalue weighted by Crippen LogP contribution is 2.43. The van der Waals surface area contributed by atoms with E-state index in [-0.39, 0.29) is 17.4 Å². The van der Waals surface area contributed by atoms with Crippen LogP contribution in [0.3, 0.4) is 0 Å². The topological polar surface area (TPSA) is 71.1 Å². The number of carbonyl (C=O) groups is 2. The summed E-state index contributed by atoms with van der Waals surface area (Å²) in [6.07, 6.45) is 15.0. The number of rotatable bonds is 14. The maximum Gasteiger partial charge on any atom is 0.333 e. The minimum Gasteiger partial charge on any atom is -0.493 e. The van der Waals surface area contributed by atoms with Crippen molar-refractivity contribution in [1.82, 2.24) is 0 Å². The van der Waals surface area contributed by atoms with E-state index in [0.717, 1.165) is 24.3 Å². The van der Waals surface area contributed by atoms with Gasteiger partial charge in [0.2, 0.25) is 0 Å². The molecule has 3 rings (SSSR count). The molecule has 0 heterocycles. The SMILES string of the molecule is C=C(C)C(=O)OCCCOc1ccc(C2(c3ccc(OCCCOC(=O)C(=C)C)cc3)CCCCCCCCCCC2)cc1. The lowest BCUT2D eigenvalue weighted by atomic mass is 9.67. The van der Waals surface area contributed by atoms with E-state index < -0.39 is 0 Å². The van der Waals surface area contributed by atoms with Crippen molar-refractivity contribution in [2.75, 3.05) is 26.4 Å². The Morgan fingerprint density at radius 3 is 1.25 bits per heavy atom. The maximum atomic E-state index is 11.6. The van der Waals surface area contributed by atoms with Gasteiger partial charge in [0.1, 0.15) is 11.5 Å². The van der Waals surface area contributed by atoms with Crippen molar-refractivity contribution in [3.63, 3.8) is 0 Å². The van der Waals surface area contributed by atoms with E-state index >= 15 is 0 Å². The largest absolute Gasteiger partial charge is 0.493 e. The fourth-order valence-electron chi connectivity index (χ4n) is 5.77. The Kier molecular flexibility index (Phi) is 15.1. The maximum absolute atomic E-state index is 11.6. The molecule has 0 unspecified atom stereocenters. The van der Waals surface area contributed by atoms with Crippen LogP contribution in [0.2, 0.25) is 0 Å². The van der Waals surface area contributed by atoms with E-state index in [1.54, 1.807) is 13.8 Å². The molecule has 1 saturated carbocycles. The van der Waals surface area contributed by atoms with Gasteiger partial charge in [0.05, 0.1) is 26.4 Å². The quantitative estimate of drug-likeness (QED) is 0.122. The standard InChI is InChI=1S/C38H52O6/c1-30(2)36(39)43-28-14-26-41-34-20-16-32(17-21-34)38(24-12-10-8-6-5-7-9-11-13-25-38)33-18-22-35(23-19-33)42-27-15-29-44-37(40)31(3)4/h16-23H,1,3,5-15,24-29H2,2,4H3. The first-order valence-corrected chi connectivity index (χ1v) is 16.4. The van der Waals surface area contributed by atoms with Crippen molar-refractivity contribution in [2.45, 2.75) is 103 Å². The molecule has 0 bridgehead atoms. The average molecular weight is 605 g/mol. The summed E-state index contributed by atoms with van der Waals surface area (Å²) in [5, 5.41) is 0. The number of ether oxygens (including phenoxy) is 4. The number of hydrogen-bond acceptors (Lipinski definition) is 6. The first-order chi connectivity index (χ1) is 21.3. The van der Waals surface area contributed by atoms with E-state index in [2.05, 4.69) is 61.7 Å². The lowest BCUT2D eigenvalue weighted by molar-refractivity contribution is -0.140. The van der Waals surface area contributed by atoms with Crippen LogP contribution in [0.15, 0.2) is 72.8 Å². The molecule has 1 aliphatic carbocycles. The fourth-order valence-corrected chi connectivity index (χ4v) is 5.77. The Morgan fingerprint density at radius 2 is 0.909 bits per heavy atom. The Labute approximate surface area is 264 Å². The van der Waals surface area contributed by atoms with E-state index in [4.69, 9.17) is 18.9 Å². The Hall–Kier alpha value is -3.54. The number of hydrogen-bond donors (Lipinski definition) is 0. The Morgan fingerprint density at radius 1 is 0.568 bits per heavy atom. The molecular weight excluding hydrogens is 552 g/mol. The van der Waals surface area contributed by atoms with Crippen molar-refractivity contribution < 1.29 is 28.5 Å². The first kappa shape index (κ1) is 34.9. The van der Waals surface area contributed by atoms with E-state index in [9.17, 15) is 9.59 Å². The molecule has 1 aliphatic rings. The predicted octanol–water partition coefficient (Wildman–Crippen LogP) is 9.05. The van der Waals surface area contributed by atoms with Crippen LogP contribution in [-0.4, -0.2) is 38.4 Å². The van der Waals surface area contributed by atoms with Gasteiger partial charge in [-0.15, -0.1) is 0 Å². The summed E-state index contributed by atoms with van der Waals surface area (Å²) in [5.74, 6) is 0.915. The molecular formula is C38H52O6. The summed E-state index contributed by atoms with van der Waals surface area (Å²) < 4.78 is 22.3.